The Hall–Kier alpha value is -0.980. The summed E-state index contributed by atoms with van der Waals surface area (Å²) in [5, 5.41) is 0. The van der Waals surface area contributed by atoms with E-state index in [4.69, 9.17) is 4.74 Å². The molecule has 1 aliphatic carbocycles. The van der Waals surface area contributed by atoms with Gasteiger partial charge >= 0.3 is 0 Å². The zero-order chi connectivity index (χ0) is 11.1. The van der Waals surface area contributed by atoms with Crippen LogP contribution in [0.25, 0.3) is 0 Å². The van der Waals surface area contributed by atoms with Gasteiger partial charge in [-0.2, -0.15) is 0 Å². The van der Waals surface area contributed by atoms with Gasteiger partial charge in [0.25, 0.3) is 0 Å². The lowest BCUT2D eigenvalue weighted by Crippen LogP contribution is -2.13. The third kappa shape index (κ3) is 1.88. The van der Waals surface area contributed by atoms with Crippen molar-refractivity contribution in [1.29, 1.82) is 0 Å². The van der Waals surface area contributed by atoms with E-state index in [0.29, 0.717) is 0 Å². The van der Waals surface area contributed by atoms with Gasteiger partial charge in [0.15, 0.2) is 0 Å². The Bertz CT molecular complexity index is 372. The van der Waals surface area contributed by atoms with Gasteiger partial charge < -0.3 is 4.74 Å². The minimum absolute atomic E-state index is 0.170. The van der Waals surface area contributed by atoms with Crippen LogP contribution >= 0.6 is 0 Å². The molecule has 1 aliphatic rings. The molecular weight excluding hydrogens is 184 g/mol. The van der Waals surface area contributed by atoms with Crippen LogP contribution < -0.4 is 4.74 Å². The second-order valence-electron chi connectivity index (χ2n) is 5.42. The molecule has 0 N–H and O–H groups in total. The van der Waals surface area contributed by atoms with Gasteiger partial charge in [-0.05, 0) is 47.4 Å². The molecule has 0 aliphatic heterocycles. The van der Waals surface area contributed by atoms with Crippen molar-refractivity contribution in [3.05, 3.63) is 28.8 Å². The number of rotatable bonds is 1. The molecule has 1 heteroatoms. The summed E-state index contributed by atoms with van der Waals surface area (Å²) in [4.78, 5) is 0. The molecule has 1 aromatic carbocycles. The maximum Gasteiger partial charge on any atom is 0.122 e. The second kappa shape index (κ2) is 3.55. The van der Waals surface area contributed by atoms with Crippen LogP contribution in [0, 0.1) is 0 Å². The number of aryl methyl sites for hydroxylation is 2. The minimum Gasteiger partial charge on any atom is -0.496 e. The lowest BCUT2D eigenvalue weighted by molar-refractivity contribution is 0.397. The van der Waals surface area contributed by atoms with Crippen molar-refractivity contribution in [3.63, 3.8) is 0 Å². The predicted molar refractivity (Wildman–Crippen MR) is 63.7 cm³/mol. The third-order valence-electron chi connectivity index (χ3n) is 3.22. The van der Waals surface area contributed by atoms with Gasteiger partial charge in [0, 0.05) is 0 Å². The summed E-state index contributed by atoms with van der Waals surface area (Å²) < 4.78 is 5.50. The summed E-state index contributed by atoms with van der Waals surface area (Å²) in [6, 6.07) is 4.59. The van der Waals surface area contributed by atoms with Crippen molar-refractivity contribution in [2.45, 2.75) is 45.4 Å². The molecule has 0 atom stereocenters. The summed E-state index contributed by atoms with van der Waals surface area (Å²) in [5.41, 5.74) is 4.52. The molecule has 0 saturated carbocycles. The fourth-order valence-electron chi connectivity index (χ4n) is 2.36. The SMILES string of the molecule is COc1cc2c(cc1C(C)(C)C)CCC2. The molecule has 1 nitrogen and oxygen atoms in total. The molecule has 0 bridgehead atoms. The normalized spacial score (nSPS) is 15.2. The molecule has 82 valence electrons. The van der Waals surface area contributed by atoms with Crippen molar-refractivity contribution in [1.82, 2.24) is 0 Å². The minimum atomic E-state index is 0.170. The van der Waals surface area contributed by atoms with Crippen molar-refractivity contribution in [3.8, 4) is 5.75 Å². The van der Waals surface area contributed by atoms with E-state index in [2.05, 4.69) is 32.9 Å². The number of fused-ring (bicyclic) bond motifs is 1. The molecule has 0 amide bonds. The molecule has 0 saturated heterocycles. The number of methoxy groups -OCH3 is 1. The van der Waals surface area contributed by atoms with Gasteiger partial charge in [-0.15, -0.1) is 0 Å². The number of hydrogen-bond donors (Lipinski definition) is 0. The first kappa shape index (κ1) is 10.5. The Labute approximate surface area is 92.5 Å². The summed E-state index contributed by atoms with van der Waals surface area (Å²) >= 11 is 0. The topological polar surface area (TPSA) is 9.23 Å². The van der Waals surface area contributed by atoms with E-state index in [-0.39, 0.29) is 5.41 Å². The summed E-state index contributed by atoms with van der Waals surface area (Å²) in [5.74, 6) is 1.06. The largest absolute Gasteiger partial charge is 0.496 e. The average molecular weight is 204 g/mol. The van der Waals surface area contributed by atoms with Crippen LogP contribution in [0.3, 0.4) is 0 Å². The monoisotopic (exact) mass is 204 g/mol. The lowest BCUT2D eigenvalue weighted by atomic mass is 9.84. The number of benzene rings is 1. The maximum atomic E-state index is 5.50. The summed E-state index contributed by atoms with van der Waals surface area (Å²) in [7, 11) is 1.77. The first-order chi connectivity index (χ1) is 7.02. The van der Waals surface area contributed by atoms with Gasteiger partial charge in [-0.1, -0.05) is 26.8 Å². The van der Waals surface area contributed by atoms with Crippen LogP contribution in [-0.2, 0) is 18.3 Å². The van der Waals surface area contributed by atoms with E-state index < -0.39 is 0 Å². The Balaban J connectivity index is 2.54. The van der Waals surface area contributed by atoms with Crippen LogP contribution in [0.15, 0.2) is 12.1 Å². The molecule has 0 radical (unpaired) electrons. The highest BCUT2D eigenvalue weighted by atomic mass is 16.5. The van der Waals surface area contributed by atoms with E-state index in [1.54, 1.807) is 7.11 Å². The molecule has 0 spiro atoms. The van der Waals surface area contributed by atoms with Crippen molar-refractivity contribution < 1.29 is 4.74 Å². The number of hydrogen-bond acceptors (Lipinski definition) is 1. The summed E-state index contributed by atoms with van der Waals surface area (Å²) in [6.45, 7) is 6.73. The predicted octanol–water partition coefficient (Wildman–Crippen LogP) is 3.48. The maximum absolute atomic E-state index is 5.50. The first-order valence-corrected chi connectivity index (χ1v) is 5.72. The van der Waals surface area contributed by atoms with Crippen LogP contribution in [-0.4, -0.2) is 7.11 Å². The van der Waals surface area contributed by atoms with E-state index in [0.717, 1.165) is 5.75 Å². The van der Waals surface area contributed by atoms with Crippen LogP contribution in [0.5, 0.6) is 5.75 Å². The van der Waals surface area contributed by atoms with Gasteiger partial charge in [0.1, 0.15) is 5.75 Å². The van der Waals surface area contributed by atoms with Gasteiger partial charge in [-0.25, -0.2) is 0 Å². The van der Waals surface area contributed by atoms with E-state index >= 15 is 0 Å². The summed E-state index contributed by atoms with van der Waals surface area (Å²) in [6.07, 6.45) is 3.75. The number of ether oxygens (including phenoxy) is 1. The fourth-order valence-corrected chi connectivity index (χ4v) is 2.36. The zero-order valence-electron chi connectivity index (χ0n) is 10.2. The zero-order valence-corrected chi connectivity index (χ0v) is 10.2. The Morgan fingerprint density at radius 1 is 1.07 bits per heavy atom. The Morgan fingerprint density at radius 3 is 2.20 bits per heavy atom. The first-order valence-electron chi connectivity index (χ1n) is 5.72. The molecule has 0 aromatic heterocycles. The fraction of sp³-hybridized carbons (Fsp3) is 0.571. The van der Waals surface area contributed by atoms with Crippen molar-refractivity contribution >= 4 is 0 Å². The van der Waals surface area contributed by atoms with Crippen molar-refractivity contribution in [2.75, 3.05) is 7.11 Å². The van der Waals surface area contributed by atoms with Gasteiger partial charge in [0.2, 0.25) is 0 Å². The van der Waals surface area contributed by atoms with Gasteiger partial charge in [0.05, 0.1) is 7.11 Å². The molecule has 1 aromatic rings. The quantitative estimate of drug-likeness (QED) is 0.680. The Morgan fingerprint density at radius 2 is 1.67 bits per heavy atom. The molecule has 2 rings (SSSR count). The molecule has 0 fully saturated rings. The average Bonchev–Trinajstić information content (AvgIpc) is 2.60. The second-order valence-corrected chi connectivity index (χ2v) is 5.42. The van der Waals surface area contributed by atoms with E-state index in [1.807, 2.05) is 0 Å². The Kier molecular flexibility index (Phi) is 2.49. The highest BCUT2D eigenvalue weighted by molar-refractivity contribution is 5.47. The highest BCUT2D eigenvalue weighted by Gasteiger charge is 2.22. The van der Waals surface area contributed by atoms with Crippen LogP contribution in [0.1, 0.15) is 43.9 Å². The van der Waals surface area contributed by atoms with Crippen molar-refractivity contribution in [2.24, 2.45) is 0 Å². The molecule has 0 unspecified atom stereocenters. The van der Waals surface area contributed by atoms with Crippen LogP contribution in [0.2, 0.25) is 0 Å². The van der Waals surface area contributed by atoms with Crippen LogP contribution in [0.4, 0.5) is 0 Å². The molecular formula is C14H20O. The van der Waals surface area contributed by atoms with E-state index in [9.17, 15) is 0 Å². The van der Waals surface area contributed by atoms with Gasteiger partial charge in [-0.3, -0.25) is 0 Å². The third-order valence-corrected chi connectivity index (χ3v) is 3.22. The molecule has 15 heavy (non-hydrogen) atoms. The molecule has 0 heterocycles. The lowest BCUT2D eigenvalue weighted by Gasteiger charge is -2.23. The standard InChI is InChI=1S/C14H20O/c1-14(2,3)12-8-10-6-5-7-11(10)9-13(12)15-4/h8-9H,5-7H2,1-4H3. The smallest absolute Gasteiger partial charge is 0.122 e. The highest BCUT2D eigenvalue weighted by Crippen LogP contribution is 2.36. The van der Waals surface area contributed by atoms with E-state index in [1.165, 1.54) is 36.0 Å².